The third-order valence-electron chi connectivity index (χ3n) is 1.21. The topological polar surface area (TPSA) is 74.7 Å². The van der Waals surface area contributed by atoms with Gasteiger partial charge < -0.3 is 4.42 Å². The van der Waals surface area contributed by atoms with Gasteiger partial charge in [-0.15, -0.1) is 0 Å². The number of nitrogens with zero attached hydrogens (tertiary/aromatic N) is 1. The summed E-state index contributed by atoms with van der Waals surface area (Å²) in [5.74, 6) is -0.515. The predicted molar refractivity (Wildman–Crippen MR) is 39.8 cm³/mol. The van der Waals surface area contributed by atoms with E-state index in [-0.39, 0.29) is 0 Å². The van der Waals surface area contributed by atoms with E-state index < -0.39 is 5.76 Å². The molecule has 0 saturated heterocycles. The molecule has 0 aliphatic heterocycles. The van der Waals surface area contributed by atoms with E-state index >= 15 is 0 Å². The Labute approximate surface area is 65.1 Å². The molecule has 2 aromatic rings. The molecular formula is C5H3N3O2S. The lowest BCUT2D eigenvalue weighted by atomic mass is 10.6. The van der Waals surface area contributed by atoms with Gasteiger partial charge in [0.2, 0.25) is 5.71 Å². The fourth-order valence-corrected chi connectivity index (χ4v) is 0.922. The van der Waals surface area contributed by atoms with Crippen LogP contribution >= 0.6 is 12.2 Å². The first-order valence-corrected chi connectivity index (χ1v) is 3.25. The Bertz CT molecular complexity index is 492. The summed E-state index contributed by atoms with van der Waals surface area (Å²) in [5, 5.41) is 0. The van der Waals surface area contributed by atoms with Crippen LogP contribution in [0.4, 0.5) is 0 Å². The number of hydrogen-bond acceptors (Lipinski definition) is 4. The number of rotatable bonds is 0. The maximum absolute atomic E-state index is 10.6. The van der Waals surface area contributed by atoms with Crippen LogP contribution in [0.3, 0.4) is 0 Å². The fourth-order valence-electron chi connectivity index (χ4n) is 0.776. The quantitative estimate of drug-likeness (QED) is 0.565. The van der Waals surface area contributed by atoms with Gasteiger partial charge in [-0.25, -0.2) is 9.78 Å². The van der Waals surface area contributed by atoms with Crippen molar-refractivity contribution >= 4 is 23.4 Å². The Morgan fingerprint density at radius 1 is 1.55 bits per heavy atom. The monoisotopic (exact) mass is 169 g/mol. The summed E-state index contributed by atoms with van der Waals surface area (Å²) in [6, 6.07) is 0. The Morgan fingerprint density at radius 2 is 2.36 bits per heavy atom. The molecule has 11 heavy (non-hydrogen) atoms. The molecule has 0 unspecified atom stereocenters. The van der Waals surface area contributed by atoms with Gasteiger partial charge in [-0.3, -0.25) is 9.97 Å². The Morgan fingerprint density at radius 3 is 3.18 bits per heavy atom. The average Bonchev–Trinajstić information content (AvgIpc) is 2.27. The smallest absolute Gasteiger partial charge is 0.391 e. The molecule has 0 spiro atoms. The van der Waals surface area contributed by atoms with Crippen LogP contribution in [0, 0.1) is 4.77 Å². The molecule has 0 amide bonds. The number of aromatic amines is 2. The Kier molecular flexibility index (Phi) is 1.16. The van der Waals surface area contributed by atoms with Crippen molar-refractivity contribution in [2.24, 2.45) is 0 Å². The van der Waals surface area contributed by atoms with Crippen molar-refractivity contribution in [2.45, 2.75) is 0 Å². The summed E-state index contributed by atoms with van der Waals surface area (Å²) in [6.45, 7) is 0. The van der Waals surface area contributed by atoms with Crippen LogP contribution in [-0.4, -0.2) is 15.0 Å². The number of nitrogens with one attached hydrogen (secondary N) is 2. The van der Waals surface area contributed by atoms with Crippen molar-refractivity contribution in [2.75, 3.05) is 0 Å². The van der Waals surface area contributed by atoms with E-state index in [4.69, 9.17) is 12.2 Å². The highest BCUT2D eigenvalue weighted by Crippen LogP contribution is 2.01. The Balaban J connectivity index is 3.03. The molecule has 2 heterocycles. The van der Waals surface area contributed by atoms with Crippen LogP contribution in [0.2, 0.25) is 0 Å². The highest BCUT2D eigenvalue weighted by Gasteiger charge is 1.98. The molecule has 2 aromatic heterocycles. The van der Waals surface area contributed by atoms with E-state index in [2.05, 4.69) is 19.4 Å². The SMILES string of the molecule is O=c1[nH]c2cnc(=S)[nH]c2o1. The molecule has 0 aliphatic carbocycles. The minimum absolute atomic E-state index is 0.292. The number of fused-ring (bicyclic) bond motifs is 1. The number of oxazole rings is 1. The highest BCUT2D eigenvalue weighted by atomic mass is 32.1. The van der Waals surface area contributed by atoms with Gasteiger partial charge in [0.1, 0.15) is 5.52 Å². The molecule has 0 atom stereocenters. The van der Waals surface area contributed by atoms with Crippen LogP contribution < -0.4 is 5.76 Å². The third kappa shape index (κ3) is 0.966. The molecule has 56 valence electrons. The largest absolute Gasteiger partial charge is 0.418 e. The van der Waals surface area contributed by atoms with Gasteiger partial charge in [0, 0.05) is 0 Å². The summed E-state index contributed by atoms with van der Waals surface area (Å²) in [4.78, 5) is 19.4. The van der Waals surface area contributed by atoms with E-state index in [0.29, 0.717) is 16.0 Å². The van der Waals surface area contributed by atoms with E-state index in [9.17, 15) is 4.79 Å². The second-order valence-electron chi connectivity index (χ2n) is 1.95. The zero-order valence-electron chi connectivity index (χ0n) is 5.25. The molecule has 5 nitrogen and oxygen atoms in total. The lowest BCUT2D eigenvalue weighted by molar-refractivity contribution is 0.545. The van der Waals surface area contributed by atoms with E-state index in [1.165, 1.54) is 6.20 Å². The van der Waals surface area contributed by atoms with Crippen molar-refractivity contribution in [1.29, 1.82) is 0 Å². The van der Waals surface area contributed by atoms with Crippen LogP contribution in [0.25, 0.3) is 11.2 Å². The molecule has 6 heteroatoms. The second kappa shape index (κ2) is 2.03. The molecule has 0 fully saturated rings. The molecule has 2 rings (SSSR count). The Hall–Kier alpha value is -1.43. The molecular weight excluding hydrogens is 166 g/mol. The standard InChI is InChI=1S/C5H3N3O2S/c9-5-7-2-1-6-4(11)8-3(2)10-5/h1H,(H,7,9)(H,6,8,11). The summed E-state index contributed by atoms with van der Waals surface area (Å²) >= 11 is 4.71. The average molecular weight is 169 g/mol. The van der Waals surface area contributed by atoms with Gasteiger partial charge in [0.15, 0.2) is 4.77 Å². The molecule has 2 N–H and O–H groups in total. The van der Waals surface area contributed by atoms with E-state index in [1.807, 2.05) is 0 Å². The predicted octanol–water partition coefficient (Wildman–Crippen LogP) is 0.574. The van der Waals surface area contributed by atoms with Crippen LogP contribution in [-0.2, 0) is 0 Å². The molecule has 0 bridgehead atoms. The minimum atomic E-state index is -0.515. The zero-order valence-corrected chi connectivity index (χ0v) is 6.07. The van der Waals surface area contributed by atoms with Gasteiger partial charge in [0.25, 0.3) is 0 Å². The van der Waals surface area contributed by atoms with Crippen molar-refractivity contribution in [3.63, 3.8) is 0 Å². The molecule has 0 aromatic carbocycles. The van der Waals surface area contributed by atoms with Gasteiger partial charge in [-0.2, -0.15) is 0 Å². The summed E-state index contributed by atoms with van der Waals surface area (Å²) in [5.41, 5.74) is 0.846. The number of hydrogen-bond donors (Lipinski definition) is 2. The van der Waals surface area contributed by atoms with Crippen LogP contribution in [0.5, 0.6) is 0 Å². The van der Waals surface area contributed by atoms with E-state index in [1.54, 1.807) is 0 Å². The van der Waals surface area contributed by atoms with Crippen molar-refractivity contribution < 1.29 is 4.42 Å². The van der Waals surface area contributed by atoms with Gasteiger partial charge in [-0.1, -0.05) is 0 Å². The molecule has 0 aliphatic rings. The maximum atomic E-state index is 10.6. The van der Waals surface area contributed by atoms with Crippen LogP contribution in [0.1, 0.15) is 0 Å². The van der Waals surface area contributed by atoms with E-state index in [0.717, 1.165) is 0 Å². The first-order valence-electron chi connectivity index (χ1n) is 2.84. The molecule has 0 radical (unpaired) electrons. The number of aromatic nitrogens is 3. The fraction of sp³-hybridized carbons (Fsp3) is 0. The lowest BCUT2D eigenvalue weighted by Gasteiger charge is -1.82. The molecule has 0 saturated carbocycles. The zero-order chi connectivity index (χ0) is 7.84. The highest BCUT2D eigenvalue weighted by molar-refractivity contribution is 7.71. The van der Waals surface area contributed by atoms with Gasteiger partial charge >= 0.3 is 5.76 Å². The van der Waals surface area contributed by atoms with Crippen molar-refractivity contribution in [3.05, 3.63) is 21.5 Å². The first-order chi connectivity index (χ1) is 5.25. The summed E-state index contributed by atoms with van der Waals surface area (Å²) < 4.78 is 4.97. The van der Waals surface area contributed by atoms with Crippen molar-refractivity contribution in [3.8, 4) is 0 Å². The van der Waals surface area contributed by atoms with Gasteiger partial charge in [0.05, 0.1) is 6.20 Å². The third-order valence-corrected chi connectivity index (χ3v) is 1.41. The normalized spacial score (nSPS) is 10.5. The lowest BCUT2D eigenvalue weighted by Crippen LogP contribution is -1.92. The first kappa shape index (κ1) is 6.29. The summed E-state index contributed by atoms with van der Waals surface area (Å²) in [7, 11) is 0. The van der Waals surface area contributed by atoms with Crippen LogP contribution in [0.15, 0.2) is 15.4 Å². The summed E-state index contributed by atoms with van der Waals surface area (Å²) in [6.07, 6.45) is 1.44. The number of H-pyrrole nitrogens is 2. The van der Waals surface area contributed by atoms with Crippen molar-refractivity contribution in [1.82, 2.24) is 15.0 Å². The second-order valence-corrected chi connectivity index (χ2v) is 2.33. The minimum Gasteiger partial charge on any atom is -0.391 e. The van der Waals surface area contributed by atoms with Gasteiger partial charge in [-0.05, 0) is 12.2 Å². The maximum Gasteiger partial charge on any atom is 0.418 e.